The molecular formula is C18H33BrO2. The molecule has 0 spiro atoms. The van der Waals surface area contributed by atoms with E-state index in [1.165, 1.54) is 71.3 Å². The molecule has 0 atom stereocenters. The number of alkyl halides is 1. The summed E-state index contributed by atoms with van der Waals surface area (Å²) in [6.07, 6.45) is 20.4. The summed E-state index contributed by atoms with van der Waals surface area (Å²) in [7, 11) is 1.46. The Morgan fingerprint density at radius 1 is 0.810 bits per heavy atom. The second-order valence-corrected chi connectivity index (χ2v) is 6.39. The SMILES string of the molecule is COC(=O)CCCCCCCC=CCCCCCCCBr. The fraction of sp³-hybridized carbons (Fsp3) is 0.833. The average molecular weight is 361 g/mol. The van der Waals surface area contributed by atoms with Gasteiger partial charge in [-0.25, -0.2) is 0 Å². The first-order valence-corrected chi connectivity index (χ1v) is 9.71. The lowest BCUT2D eigenvalue weighted by Crippen LogP contribution is -1.98. The Hall–Kier alpha value is -0.310. The smallest absolute Gasteiger partial charge is 0.305 e. The van der Waals surface area contributed by atoms with Crippen LogP contribution in [0.15, 0.2) is 12.2 Å². The molecule has 0 N–H and O–H groups in total. The quantitative estimate of drug-likeness (QED) is 0.151. The molecule has 0 saturated heterocycles. The third-order valence-corrected chi connectivity index (χ3v) is 4.21. The summed E-state index contributed by atoms with van der Waals surface area (Å²) in [5.74, 6) is -0.0786. The lowest BCUT2D eigenvalue weighted by Gasteiger charge is -2.00. The topological polar surface area (TPSA) is 26.3 Å². The molecule has 2 nitrogen and oxygen atoms in total. The Balaban J connectivity index is 3.10. The van der Waals surface area contributed by atoms with Crippen molar-refractivity contribution < 1.29 is 9.53 Å². The van der Waals surface area contributed by atoms with Crippen LogP contribution in [-0.4, -0.2) is 18.4 Å². The van der Waals surface area contributed by atoms with Crippen LogP contribution in [0.1, 0.15) is 83.5 Å². The molecule has 0 bridgehead atoms. The Morgan fingerprint density at radius 2 is 1.29 bits per heavy atom. The molecule has 0 aromatic carbocycles. The van der Waals surface area contributed by atoms with Gasteiger partial charge in [-0.3, -0.25) is 4.79 Å². The van der Waals surface area contributed by atoms with Gasteiger partial charge in [0.05, 0.1) is 7.11 Å². The van der Waals surface area contributed by atoms with Crippen LogP contribution < -0.4 is 0 Å². The predicted octanol–water partition coefficient (Wildman–Crippen LogP) is 6.18. The maximum absolute atomic E-state index is 10.9. The van der Waals surface area contributed by atoms with Crippen molar-refractivity contribution in [2.75, 3.05) is 12.4 Å². The molecule has 0 fully saturated rings. The first-order chi connectivity index (χ1) is 10.3. The minimum Gasteiger partial charge on any atom is -0.469 e. The van der Waals surface area contributed by atoms with E-state index in [4.69, 9.17) is 0 Å². The highest BCUT2D eigenvalue weighted by Gasteiger charge is 1.98. The number of hydrogen-bond acceptors (Lipinski definition) is 2. The molecule has 0 aliphatic heterocycles. The van der Waals surface area contributed by atoms with Gasteiger partial charge in [0.1, 0.15) is 0 Å². The van der Waals surface area contributed by atoms with Crippen molar-refractivity contribution in [1.29, 1.82) is 0 Å². The van der Waals surface area contributed by atoms with Crippen LogP contribution in [0.4, 0.5) is 0 Å². The standard InChI is InChI=1S/C18H33BrO2/c1-21-18(20)16-14-12-10-8-6-4-2-3-5-7-9-11-13-15-17-19/h2-3H,4-17H2,1H3. The number of ether oxygens (including phenoxy) is 1. The number of esters is 1. The van der Waals surface area contributed by atoms with E-state index in [9.17, 15) is 4.79 Å². The molecule has 0 aliphatic carbocycles. The number of unbranched alkanes of at least 4 members (excludes halogenated alkanes) is 10. The van der Waals surface area contributed by atoms with Gasteiger partial charge in [0.15, 0.2) is 0 Å². The Labute approximate surface area is 139 Å². The van der Waals surface area contributed by atoms with Crippen molar-refractivity contribution in [3.8, 4) is 0 Å². The number of hydrogen-bond donors (Lipinski definition) is 0. The van der Waals surface area contributed by atoms with Crippen molar-refractivity contribution in [2.45, 2.75) is 83.5 Å². The molecule has 0 aromatic heterocycles. The van der Waals surface area contributed by atoms with E-state index in [0.29, 0.717) is 6.42 Å². The van der Waals surface area contributed by atoms with Crippen LogP contribution >= 0.6 is 15.9 Å². The fourth-order valence-corrected chi connectivity index (χ4v) is 2.68. The number of rotatable bonds is 15. The van der Waals surface area contributed by atoms with E-state index in [2.05, 4.69) is 32.8 Å². The van der Waals surface area contributed by atoms with Crippen LogP contribution in [0, 0.1) is 0 Å². The zero-order chi connectivity index (χ0) is 15.6. The van der Waals surface area contributed by atoms with Crippen LogP contribution in [0.2, 0.25) is 0 Å². The van der Waals surface area contributed by atoms with Gasteiger partial charge in [-0.2, -0.15) is 0 Å². The first-order valence-electron chi connectivity index (χ1n) is 8.59. The summed E-state index contributed by atoms with van der Waals surface area (Å²) in [4.78, 5) is 10.9. The molecule has 0 heterocycles. The molecule has 0 aliphatic rings. The zero-order valence-corrected chi connectivity index (χ0v) is 15.3. The summed E-state index contributed by atoms with van der Waals surface area (Å²) in [6.45, 7) is 0. The van der Waals surface area contributed by atoms with E-state index >= 15 is 0 Å². The highest BCUT2D eigenvalue weighted by Crippen LogP contribution is 2.09. The summed E-state index contributed by atoms with van der Waals surface area (Å²) in [6, 6.07) is 0. The molecule has 0 unspecified atom stereocenters. The molecule has 0 amide bonds. The monoisotopic (exact) mass is 360 g/mol. The van der Waals surface area contributed by atoms with Crippen LogP contribution in [-0.2, 0) is 9.53 Å². The predicted molar refractivity (Wildman–Crippen MR) is 95.0 cm³/mol. The van der Waals surface area contributed by atoms with Gasteiger partial charge in [0.2, 0.25) is 0 Å². The minimum atomic E-state index is -0.0786. The molecule has 0 rings (SSSR count). The maximum atomic E-state index is 10.9. The van der Waals surface area contributed by atoms with Gasteiger partial charge < -0.3 is 4.74 Å². The van der Waals surface area contributed by atoms with Gasteiger partial charge in [0.25, 0.3) is 0 Å². The summed E-state index contributed by atoms with van der Waals surface area (Å²) in [5.41, 5.74) is 0. The first kappa shape index (κ1) is 20.7. The molecule has 0 saturated carbocycles. The van der Waals surface area contributed by atoms with Crippen molar-refractivity contribution in [1.82, 2.24) is 0 Å². The normalized spacial score (nSPS) is 11.1. The van der Waals surface area contributed by atoms with E-state index in [1.54, 1.807) is 0 Å². The van der Waals surface area contributed by atoms with Gasteiger partial charge in [-0.1, -0.05) is 66.6 Å². The van der Waals surface area contributed by atoms with Crippen molar-refractivity contribution in [2.24, 2.45) is 0 Å². The lowest BCUT2D eigenvalue weighted by molar-refractivity contribution is -0.140. The summed E-state index contributed by atoms with van der Waals surface area (Å²) in [5, 5.41) is 1.15. The fourth-order valence-electron chi connectivity index (χ4n) is 2.29. The lowest BCUT2D eigenvalue weighted by atomic mass is 10.1. The zero-order valence-electron chi connectivity index (χ0n) is 13.7. The number of methoxy groups -OCH3 is 1. The highest BCUT2D eigenvalue weighted by atomic mass is 79.9. The largest absolute Gasteiger partial charge is 0.469 e. The number of carbonyl (C=O) groups is 1. The second kappa shape index (κ2) is 17.7. The molecule has 124 valence electrons. The molecule has 21 heavy (non-hydrogen) atoms. The maximum Gasteiger partial charge on any atom is 0.305 e. The Morgan fingerprint density at radius 3 is 1.81 bits per heavy atom. The van der Waals surface area contributed by atoms with Crippen molar-refractivity contribution >= 4 is 21.9 Å². The third-order valence-electron chi connectivity index (χ3n) is 3.65. The number of carbonyl (C=O) groups excluding carboxylic acids is 1. The molecule has 3 heteroatoms. The third kappa shape index (κ3) is 17.6. The second-order valence-electron chi connectivity index (χ2n) is 5.60. The van der Waals surface area contributed by atoms with E-state index in [0.717, 1.165) is 18.2 Å². The van der Waals surface area contributed by atoms with E-state index < -0.39 is 0 Å². The minimum absolute atomic E-state index is 0.0786. The van der Waals surface area contributed by atoms with Gasteiger partial charge in [0, 0.05) is 11.8 Å². The molecule has 0 radical (unpaired) electrons. The van der Waals surface area contributed by atoms with Gasteiger partial charge in [-0.05, 0) is 38.5 Å². The van der Waals surface area contributed by atoms with Gasteiger partial charge >= 0.3 is 5.97 Å². The Bertz CT molecular complexity index is 252. The van der Waals surface area contributed by atoms with Crippen molar-refractivity contribution in [3.63, 3.8) is 0 Å². The highest BCUT2D eigenvalue weighted by molar-refractivity contribution is 9.09. The number of allylic oxidation sites excluding steroid dienone is 2. The van der Waals surface area contributed by atoms with Crippen LogP contribution in [0.3, 0.4) is 0 Å². The molecular weight excluding hydrogens is 328 g/mol. The average Bonchev–Trinajstić information content (AvgIpc) is 2.50. The van der Waals surface area contributed by atoms with Crippen LogP contribution in [0.5, 0.6) is 0 Å². The summed E-state index contributed by atoms with van der Waals surface area (Å²) >= 11 is 3.46. The molecule has 0 aromatic rings. The van der Waals surface area contributed by atoms with Crippen LogP contribution in [0.25, 0.3) is 0 Å². The Kier molecular flexibility index (Phi) is 17.5. The number of halogens is 1. The van der Waals surface area contributed by atoms with Gasteiger partial charge in [-0.15, -0.1) is 0 Å². The summed E-state index contributed by atoms with van der Waals surface area (Å²) < 4.78 is 4.62. The van der Waals surface area contributed by atoms with Crippen molar-refractivity contribution in [3.05, 3.63) is 12.2 Å². The van der Waals surface area contributed by atoms with E-state index in [-0.39, 0.29) is 5.97 Å². The van der Waals surface area contributed by atoms with E-state index in [1.807, 2.05) is 0 Å².